The monoisotopic (exact) mass is 518 g/mol. The molecule has 0 radical (unpaired) electrons. The number of methoxy groups -OCH3 is 1. The van der Waals surface area contributed by atoms with Crippen LogP contribution in [0.1, 0.15) is 55.3 Å². The first-order valence-electron chi connectivity index (χ1n) is 13.0. The summed E-state index contributed by atoms with van der Waals surface area (Å²) in [4.78, 5) is 28.4. The summed E-state index contributed by atoms with van der Waals surface area (Å²) in [5.41, 5.74) is 2.72. The van der Waals surface area contributed by atoms with Crippen LogP contribution in [0, 0.1) is 0 Å². The molecule has 0 saturated carbocycles. The zero-order chi connectivity index (χ0) is 27.7. The maximum absolute atomic E-state index is 13.3. The van der Waals surface area contributed by atoms with Crippen molar-refractivity contribution in [3.05, 3.63) is 77.9 Å². The summed E-state index contributed by atoms with van der Waals surface area (Å²) >= 11 is 0. The van der Waals surface area contributed by atoms with Gasteiger partial charge in [-0.1, -0.05) is 36.4 Å². The van der Waals surface area contributed by atoms with E-state index in [1.165, 1.54) is 0 Å². The summed E-state index contributed by atoms with van der Waals surface area (Å²) < 4.78 is 16.8. The van der Waals surface area contributed by atoms with Gasteiger partial charge in [0.05, 0.1) is 24.8 Å². The zero-order valence-electron chi connectivity index (χ0n) is 23.1. The molecule has 7 heteroatoms. The molecule has 0 unspecified atom stereocenters. The number of anilines is 1. The van der Waals surface area contributed by atoms with Crippen molar-refractivity contribution in [3.63, 3.8) is 0 Å². The van der Waals surface area contributed by atoms with Crippen LogP contribution in [0.2, 0.25) is 0 Å². The summed E-state index contributed by atoms with van der Waals surface area (Å²) in [7, 11) is 1.58. The first-order chi connectivity index (χ1) is 18.2. The molecule has 0 bridgehead atoms. The SMILES string of the molecule is CCOC(=O)c1cc(-c2ccccc2)ccc1C(=O)Nc1ccc(OC)c(OCCN(C(C)C)C(C)C)c1. The fourth-order valence-corrected chi connectivity index (χ4v) is 4.37. The number of ether oxygens (including phenoxy) is 3. The van der Waals surface area contributed by atoms with Crippen molar-refractivity contribution in [1.82, 2.24) is 4.90 Å². The third-order valence-corrected chi connectivity index (χ3v) is 6.22. The standard InChI is InChI=1S/C31H38N2O5/c1-7-37-31(35)27-19-24(23-11-9-8-10-12-23)13-15-26(27)30(34)32-25-14-16-28(36-6)29(20-25)38-18-17-33(21(2)3)22(4)5/h8-16,19-22H,7,17-18H2,1-6H3,(H,32,34). The number of hydrogen-bond acceptors (Lipinski definition) is 6. The minimum atomic E-state index is -0.547. The van der Waals surface area contributed by atoms with E-state index in [1.807, 2.05) is 36.4 Å². The van der Waals surface area contributed by atoms with Gasteiger partial charge in [-0.3, -0.25) is 9.69 Å². The van der Waals surface area contributed by atoms with E-state index >= 15 is 0 Å². The fraction of sp³-hybridized carbons (Fsp3) is 0.355. The van der Waals surface area contributed by atoms with Gasteiger partial charge in [0.2, 0.25) is 0 Å². The summed E-state index contributed by atoms with van der Waals surface area (Å²) in [6.45, 7) is 11.8. The first-order valence-corrected chi connectivity index (χ1v) is 13.0. The molecule has 0 saturated heterocycles. The van der Waals surface area contributed by atoms with Crippen LogP contribution in [-0.4, -0.2) is 55.7 Å². The predicted octanol–water partition coefficient (Wildman–Crippen LogP) is 6.29. The number of carbonyl (C=O) groups is 2. The van der Waals surface area contributed by atoms with E-state index in [0.29, 0.717) is 35.9 Å². The van der Waals surface area contributed by atoms with Crippen molar-refractivity contribution >= 4 is 17.6 Å². The molecular formula is C31H38N2O5. The van der Waals surface area contributed by atoms with Gasteiger partial charge in [0.25, 0.3) is 5.91 Å². The first kappa shape index (κ1) is 28.7. The number of amides is 1. The van der Waals surface area contributed by atoms with Crippen LogP contribution < -0.4 is 14.8 Å². The topological polar surface area (TPSA) is 77.1 Å². The lowest BCUT2D eigenvalue weighted by Crippen LogP contribution is -2.39. The fourth-order valence-electron chi connectivity index (χ4n) is 4.37. The molecule has 0 aliphatic carbocycles. The van der Waals surface area contributed by atoms with E-state index in [2.05, 4.69) is 37.9 Å². The molecule has 0 spiro atoms. The second kappa shape index (κ2) is 13.6. The highest BCUT2D eigenvalue weighted by Gasteiger charge is 2.20. The summed E-state index contributed by atoms with van der Waals surface area (Å²) in [5.74, 6) is 0.134. The molecule has 0 aliphatic rings. The number of carbonyl (C=O) groups excluding carboxylic acids is 2. The lowest BCUT2D eigenvalue weighted by Gasteiger charge is -2.30. The molecule has 0 aromatic heterocycles. The maximum Gasteiger partial charge on any atom is 0.338 e. The van der Waals surface area contributed by atoms with Crippen LogP contribution in [0.5, 0.6) is 11.5 Å². The Morgan fingerprint density at radius 2 is 1.55 bits per heavy atom. The molecule has 1 N–H and O–H groups in total. The average molecular weight is 519 g/mol. The van der Waals surface area contributed by atoms with Crippen LogP contribution in [0.25, 0.3) is 11.1 Å². The summed E-state index contributed by atoms with van der Waals surface area (Å²) in [6.07, 6.45) is 0. The van der Waals surface area contributed by atoms with Crippen molar-refractivity contribution in [3.8, 4) is 22.6 Å². The number of esters is 1. The summed E-state index contributed by atoms with van der Waals surface area (Å²) in [6, 6.07) is 20.8. The Morgan fingerprint density at radius 3 is 2.18 bits per heavy atom. The highest BCUT2D eigenvalue weighted by atomic mass is 16.5. The molecule has 0 heterocycles. The largest absolute Gasteiger partial charge is 0.493 e. The van der Waals surface area contributed by atoms with Gasteiger partial charge in [-0.15, -0.1) is 0 Å². The molecule has 3 aromatic carbocycles. The molecule has 0 atom stereocenters. The van der Waals surface area contributed by atoms with E-state index in [9.17, 15) is 9.59 Å². The van der Waals surface area contributed by atoms with Gasteiger partial charge in [-0.25, -0.2) is 4.79 Å². The highest BCUT2D eigenvalue weighted by molar-refractivity contribution is 6.11. The Bertz CT molecular complexity index is 1220. The minimum absolute atomic E-state index is 0.207. The number of nitrogens with one attached hydrogen (secondary N) is 1. The highest BCUT2D eigenvalue weighted by Crippen LogP contribution is 2.31. The predicted molar refractivity (Wildman–Crippen MR) is 151 cm³/mol. The second-order valence-corrected chi connectivity index (χ2v) is 9.44. The maximum atomic E-state index is 13.3. The minimum Gasteiger partial charge on any atom is -0.493 e. The van der Waals surface area contributed by atoms with Gasteiger partial charge in [0.1, 0.15) is 6.61 Å². The molecule has 202 valence electrons. The molecular weight excluding hydrogens is 480 g/mol. The van der Waals surface area contributed by atoms with Crippen LogP contribution in [0.3, 0.4) is 0 Å². The van der Waals surface area contributed by atoms with Gasteiger partial charge < -0.3 is 19.5 Å². The van der Waals surface area contributed by atoms with Crippen molar-refractivity contribution in [2.75, 3.05) is 32.2 Å². The quantitative estimate of drug-likeness (QED) is 0.284. The summed E-state index contributed by atoms with van der Waals surface area (Å²) in [5, 5.41) is 2.89. The van der Waals surface area contributed by atoms with Crippen molar-refractivity contribution in [2.24, 2.45) is 0 Å². The zero-order valence-corrected chi connectivity index (χ0v) is 23.1. The molecule has 7 nitrogen and oxygen atoms in total. The Morgan fingerprint density at radius 1 is 0.842 bits per heavy atom. The van der Waals surface area contributed by atoms with E-state index in [1.54, 1.807) is 44.4 Å². The number of nitrogens with zero attached hydrogens (tertiary/aromatic N) is 1. The van der Waals surface area contributed by atoms with E-state index in [-0.39, 0.29) is 17.7 Å². The molecule has 3 aromatic rings. The van der Waals surface area contributed by atoms with Crippen molar-refractivity contribution in [2.45, 2.75) is 46.7 Å². The third kappa shape index (κ3) is 7.35. The van der Waals surface area contributed by atoms with Crippen LogP contribution in [-0.2, 0) is 4.74 Å². The normalized spacial score (nSPS) is 11.1. The molecule has 3 rings (SSSR count). The lowest BCUT2D eigenvalue weighted by atomic mass is 9.98. The Kier molecular flexibility index (Phi) is 10.3. The Hall–Kier alpha value is -3.84. The Balaban J connectivity index is 1.83. The third-order valence-electron chi connectivity index (χ3n) is 6.22. The number of rotatable bonds is 12. The lowest BCUT2D eigenvalue weighted by molar-refractivity contribution is 0.0523. The van der Waals surface area contributed by atoms with Crippen LogP contribution >= 0.6 is 0 Å². The van der Waals surface area contributed by atoms with E-state index in [0.717, 1.165) is 17.7 Å². The second-order valence-electron chi connectivity index (χ2n) is 9.44. The van der Waals surface area contributed by atoms with Gasteiger partial charge in [-0.2, -0.15) is 0 Å². The van der Waals surface area contributed by atoms with E-state index in [4.69, 9.17) is 14.2 Å². The number of hydrogen-bond donors (Lipinski definition) is 1. The smallest absolute Gasteiger partial charge is 0.338 e. The van der Waals surface area contributed by atoms with Crippen molar-refractivity contribution < 1.29 is 23.8 Å². The van der Waals surface area contributed by atoms with Gasteiger partial charge in [-0.05, 0) is 70.0 Å². The molecule has 0 aliphatic heterocycles. The average Bonchev–Trinajstić information content (AvgIpc) is 2.91. The van der Waals surface area contributed by atoms with E-state index < -0.39 is 11.9 Å². The van der Waals surface area contributed by atoms with Crippen LogP contribution in [0.4, 0.5) is 5.69 Å². The van der Waals surface area contributed by atoms with Crippen molar-refractivity contribution in [1.29, 1.82) is 0 Å². The van der Waals surface area contributed by atoms with Gasteiger partial charge in [0.15, 0.2) is 11.5 Å². The molecule has 1 amide bonds. The molecule has 38 heavy (non-hydrogen) atoms. The number of benzene rings is 3. The molecule has 0 fully saturated rings. The van der Waals surface area contributed by atoms with Gasteiger partial charge in [0, 0.05) is 30.4 Å². The Labute approximate surface area is 225 Å². The van der Waals surface area contributed by atoms with Crippen LogP contribution in [0.15, 0.2) is 66.7 Å². The van der Waals surface area contributed by atoms with Gasteiger partial charge >= 0.3 is 5.97 Å².